The average molecular weight is 307 g/mol. The Kier molecular flexibility index (Phi) is 3.11. The van der Waals surface area contributed by atoms with Gasteiger partial charge in [0.2, 0.25) is 0 Å². The number of nitrogens with one attached hydrogen (secondary N) is 1. The van der Waals surface area contributed by atoms with E-state index >= 15 is 0 Å². The quantitative estimate of drug-likeness (QED) is 0.764. The van der Waals surface area contributed by atoms with Crippen LogP contribution in [0.2, 0.25) is 5.02 Å². The van der Waals surface area contributed by atoms with Gasteiger partial charge in [0.25, 0.3) is 5.91 Å². The molecule has 1 aromatic carbocycles. The number of nitrogens with zero attached hydrogens (tertiary/aromatic N) is 2. The fourth-order valence-corrected chi connectivity index (χ4v) is 3.21. The molecule has 0 bridgehead atoms. The number of nitrogen functional groups attached to an aromatic ring is 1. The summed E-state index contributed by atoms with van der Waals surface area (Å²) in [5, 5.41) is 8.28. The molecule has 2 aromatic heterocycles. The van der Waals surface area contributed by atoms with E-state index in [-0.39, 0.29) is 5.91 Å². The van der Waals surface area contributed by atoms with Crippen LogP contribution in [0.15, 0.2) is 30.5 Å². The highest BCUT2D eigenvalue weighted by atomic mass is 35.5. The molecular formula is C13H11ClN4OS. The van der Waals surface area contributed by atoms with Crippen LogP contribution in [0.4, 0.5) is 11.5 Å². The number of anilines is 2. The topological polar surface area (TPSA) is 72.9 Å². The van der Waals surface area contributed by atoms with Crippen molar-refractivity contribution < 1.29 is 4.79 Å². The van der Waals surface area contributed by atoms with Crippen molar-refractivity contribution in [3.05, 3.63) is 40.4 Å². The van der Waals surface area contributed by atoms with Gasteiger partial charge in [-0.2, -0.15) is 5.10 Å². The second-order valence-electron chi connectivity index (χ2n) is 4.31. The molecule has 3 rings (SSSR count). The number of benzene rings is 1. The van der Waals surface area contributed by atoms with Gasteiger partial charge < -0.3 is 11.1 Å². The molecule has 2 heterocycles. The number of aryl methyl sites for hydroxylation is 1. The first-order valence-corrected chi connectivity index (χ1v) is 7.02. The van der Waals surface area contributed by atoms with Crippen LogP contribution in [-0.4, -0.2) is 15.7 Å². The highest BCUT2D eigenvalue weighted by molar-refractivity contribution is 7.21. The summed E-state index contributed by atoms with van der Waals surface area (Å²) in [5.74, 6) is 0.228. The van der Waals surface area contributed by atoms with E-state index in [0.717, 1.165) is 10.1 Å². The van der Waals surface area contributed by atoms with E-state index in [1.807, 2.05) is 6.07 Å². The molecule has 102 valence electrons. The van der Waals surface area contributed by atoms with Crippen molar-refractivity contribution in [3.8, 4) is 0 Å². The molecule has 0 saturated heterocycles. The number of hydrogen-bond acceptors (Lipinski definition) is 4. The summed E-state index contributed by atoms with van der Waals surface area (Å²) in [6.07, 6.45) is 1.75. The lowest BCUT2D eigenvalue weighted by Gasteiger charge is -2.00. The van der Waals surface area contributed by atoms with Crippen molar-refractivity contribution in [2.24, 2.45) is 7.05 Å². The van der Waals surface area contributed by atoms with E-state index in [1.54, 1.807) is 36.1 Å². The summed E-state index contributed by atoms with van der Waals surface area (Å²) in [7, 11) is 1.78. The lowest BCUT2D eigenvalue weighted by Crippen LogP contribution is -2.12. The Bertz CT molecular complexity index is 808. The van der Waals surface area contributed by atoms with Gasteiger partial charge in [0, 0.05) is 34.4 Å². The standard InChI is InChI=1S/C13H11ClN4OS/c1-18-5-4-10(17-18)16-13(19)12-11(15)8-3-2-7(14)6-9(8)20-12/h2-6H,15H2,1H3,(H,16,17,19). The minimum atomic E-state index is -0.265. The number of aromatic nitrogens is 2. The molecular weight excluding hydrogens is 296 g/mol. The van der Waals surface area contributed by atoms with Crippen molar-refractivity contribution in [2.75, 3.05) is 11.1 Å². The number of rotatable bonds is 2. The molecule has 0 spiro atoms. The number of hydrogen-bond donors (Lipinski definition) is 2. The van der Waals surface area contributed by atoms with E-state index in [9.17, 15) is 4.79 Å². The molecule has 1 amide bonds. The molecule has 20 heavy (non-hydrogen) atoms. The molecule has 0 aliphatic heterocycles. The Morgan fingerprint density at radius 2 is 2.25 bits per heavy atom. The van der Waals surface area contributed by atoms with Gasteiger partial charge in [-0.15, -0.1) is 11.3 Å². The van der Waals surface area contributed by atoms with Crippen molar-refractivity contribution in [1.29, 1.82) is 0 Å². The highest BCUT2D eigenvalue weighted by Crippen LogP contribution is 2.35. The second kappa shape index (κ2) is 4.81. The number of carbonyl (C=O) groups is 1. The maximum Gasteiger partial charge on any atom is 0.269 e. The Morgan fingerprint density at radius 1 is 1.45 bits per heavy atom. The Balaban J connectivity index is 1.97. The Labute approximate surface area is 124 Å². The summed E-state index contributed by atoms with van der Waals surface area (Å²) in [5.41, 5.74) is 6.50. The van der Waals surface area contributed by atoms with E-state index in [2.05, 4.69) is 10.4 Å². The number of carbonyl (C=O) groups excluding carboxylic acids is 1. The van der Waals surface area contributed by atoms with Crippen LogP contribution >= 0.6 is 22.9 Å². The third-order valence-electron chi connectivity index (χ3n) is 2.85. The molecule has 0 saturated carbocycles. The normalized spacial score (nSPS) is 10.9. The minimum Gasteiger partial charge on any atom is -0.397 e. The van der Waals surface area contributed by atoms with Crippen LogP contribution in [0.5, 0.6) is 0 Å². The van der Waals surface area contributed by atoms with Gasteiger partial charge in [0.05, 0.1) is 5.69 Å². The summed E-state index contributed by atoms with van der Waals surface area (Å²) < 4.78 is 2.50. The lowest BCUT2D eigenvalue weighted by atomic mass is 10.2. The number of nitrogens with two attached hydrogens (primary N) is 1. The van der Waals surface area contributed by atoms with Gasteiger partial charge >= 0.3 is 0 Å². The predicted octanol–water partition coefficient (Wildman–Crippen LogP) is 3.12. The zero-order valence-corrected chi connectivity index (χ0v) is 12.1. The zero-order chi connectivity index (χ0) is 14.3. The van der Waals surface area contributed by atoms with Crippen LogP contribution < -0.4 is 11.1 Å². The first kappa shape index (κ1) is 13.0. The fraction of sp³-hybridized carbons (Fsp3) is 0.0769. The van der Waals surface area contributed by atoms with Gasteiger partial charge in [0.1, 0.15) is 4.88 Å². The number of fused-ring (bicyclic) bond motifs is 1. The number of halogens is 1. The predicted molar refractivity (Wildman–Crippen MR) is 82.4 cm³/mol. The first-order valence-electron chi connectivity index (χ1n) is 5.83. The molecule has 0 aliphatic rings. The number of thiophene rings is 1. The van der Waals surface area contributed by atoms with Crippen LogP contribution in [0.1, 0.15) is 9.67 Å². The molecule has 0 radical (unpaired) electrons. The monoisotopic (exact) mass is 306 g/mol. The molecule has 3 aromatic rings. The molecule has 7 heteroatoms. The third kappa shape index (κ3) is 2.23. The van der Waals surface area contributed by atoms with Gasteiger partial charge in [0.15, 0.2) is 5.82 Å². The van der Waals surface area contributed by atoms with Crippen LogP contribution in [0.3, 0.4) is 0 Å². The summed E-state index contributed by atoms with van der Waals surface area (Å²) in [6.45, 7) is 0. The van der Waals surface area contributed by atoms with Gasteiger partial charge in [-0.25, -0.2) is 0 Å². The van der Waals surface area contributed by atoms with E-state index in [0.29, 0.717) is 21.4 Å². The SMILES string of the molecule is Cn1ccc(NC(=O)c2sc3cc(Cl)ccc3c2N)n1. The summed E-state index contributed by atoms with van der Waals surface area (Å²) in [6, 6.07) is 7.10. The second-order valence-corrected chi connectivity index (χ2v) is 5.80. The largest absolute Gasteiger partial charge is 0.397 e. The molecule has 0 aliphatic carbocycles. The molecule has 0 fully saturated rings. The Hall–Kier alpha value is -2.05. The van der Waals surface area contributed by atoms with Crippen LogP contribution in [0, 0.1) is 0 Å². The lowest BCUT2D eigenvalue weighted by molar-refractivity contribution is 0.103. The third-order valence-corrected chi connectivity index (χ3v) is 4.25. The van der Waals surface area contributed by atoms with E-state index in [1.165, 1.54) is 11.3 Å². The Morgan fingerprint density at radius 3 is 2.95 bits per heavy atom. The smallest absolute Gasteiger partial charge is 0.269 e. The summed E-state index contributed by atoms with van der Waals surface area (Å²) >= 11 is 7.26. The van der Waals surface area contributed by atoms with Gasteiger partial charge in [-0.3, -0.25) is 9.48 Å². The van der Waals surface area contributed by atoms with Crippen molar-refractivity contribution >= 4 is 50.4 Å². The molecule has 5 nitrogen and oxygen atoms in total. The maximum atomic E-state index is 12.2. The van der Waals surface area contributed by atoms with Crippen LogP contribution in [-0.2, 0) is 7.05 Å². The maximum absolute atomic E-state index is 12.2. The van der Waals surface area contributed by atoms with E-state index < -0.39 is 0 Å². The highest BCUT2D eigenvalue weighted by Gasteiger charge is 2.17. The molecule has 0 unspecified atom stereocenters. The molecule has 0 atom stereocenters. The minimum absolute atomic E-state index is 0.265. The van der Waals surface area contributed by atoms with Crippen molar-refractivity contribution in [1.82, 2.24) is 9.78 Å². The van der Waals surface area contributed by atoms with Crippen molar-refractivity contribution in [2.45, 2.75) is 0 Å². The number of amides is 1. The van der Waals surface area contributed by atoms with Crippen LogP contribution in [0.25, 0.3) is 10.1 Å². The van der Waals surface area contributed by atoms with Crippen molar-refractivity contribution in [3.63, 3.8) is 0 Å². The molecule has 3 N–H and O–H groups in total. The van der Waals surface area contributed by atoms with E-state index in [4.69, 9.17) is 17.3 Å². The van der Waals surface area contributed by atoms with Gasteiger partial charge in [-0.1, -0.05) is 11.6 Å². The first-order chi connectivity index (χ1) is 9.54. The fourth-order valence-electron chi connectivity index (χ4n) is 1.91. The average Bonchev–Trinajstić information content (AvgIpc) is 2.94. The summed E-state index contributed by atoms with van der Waals surface area (Å²) in [4.78, 5) is 12.7. The zero-order valence-electron chi connectivity index (χ0n) is 10.6. The van der Waals surface area contributed by atoms with Gasteiger partial charge in [-0.05, 0) is 18.2 Å².